The number of carbonyl (C=O) groups is 2. The van der Waals surface area contributed by atoms with Crippen molar-refractivity contribution in [3.8, 4) is 0 Å². The Kier molecular flexibility index (Phi) is 28.1. The number of hydrogen-bond donors (Lipinski definition) is 2. The molecule has 0 aliphatic carbocycles. The van der Waals surface area contributed by atoms with Crippen LogP contribution in [0.1, 0.15) is 5.56 Å². The molecule has 1 aromatic carbocycles. The van der Waals surface area contributed by atoms with E-state index in [1.807, 2.05) is 30.3 Å². The van der Waals surface area contributed by atoms with E-state index in [4.69, 9.17) is 47.7 Å². The maximum Gasteiger partial charge on any atom is 0.329 e. The minimum absolute atomic E-state index is 0.299. The van der Waals surface area contributed by atoms with E-state index >= 15 is 0 Å². The van der Waals surface area contributed by atoms with Crippen molar-refractivity contribution in [2.24, 2.45) is 0 Å². The first-order chi connectivity index (χ1) is 21.2. The van der Waals surface area contributed by atoms with Crippen molar-refractivity contribution in [2.45, 2.75) is 6.61 Å². The summed E-state index contributed by atoms with van der Waals surface area (Å²) in [6, 6.07) is 10.0. The number of rotatable bonds is 33. The van der Waals surface area contributed by atoms with Crippen LogP contribution < -0.4 is 5.32 Å². The quantitative estimate of drug-likeness (QED) is 0.105. The monoisotopic (exact) mass is 619 g/mol. The van der Waals surface area contributed by atoms with E-state index in [1.165, 1.54) is 0 Å². The molecule has 0 atom stereocenters. The molecule has 1 rings (SSSR count). The van der Waals surface area contributed by atoms with E-state index < -0.39 is 18.5 Å². The van der Waals surface area contributed by atoms with Crippen LogP contribution in [0.4, 0.5) is 0 Å². The third-order valence-electron chi connectivity index (χ3n) is 5.11. The van der Waals surface area contributed by atoms with Gasteiger partial charge in [0.2, 0.25) is 5.91 Å². The second-order valence-corrected chi connectivity index (χ2v) is 8.67. The van der Waals surface area contributed by atoms with Gasteiger partial charge in [-0.05, 0) is 5.56 Å². The molecule has 14 heteroatoms. The van der Waals surface area contributed by atoms with Crippen LogP contribution in [0.5, 0.6) is 0 Å². The Morgan fingerprint density at radius 3 is 1.26 bits per heavy atom. The molecular formula is C29H49NO13. The lowest BCUT2D eigenvalue weighted by Crippen LogP contribution is -2.31. The lowest BCUT2D eigenvalue weighted by atomic mass is 10.2. The van der Waals surface area contributed by atoms with E-state index in [1.54, 1.807) is 0 Å². The standard InChI is InChI=1S/C29H49NO13/c31-28(25-43-26-29(32)33)30-6-7-34-8-9-35-10-11-36-12-13-37-14-15-38-16-17-39-18-19-40-20-21-41-22-23-42-24-27-4-2-1-3-5-27/h1-5H,6-26H2,(H,30,31)(H,32,33). The molecule has 14 nitrogen and oxygen atoms in total. The topological polar surface area (TPSA) is 159 Å². The summed E-state index contributed by atoms with van der Waals surface area (Å²) in [6.45, 7) is 8.11. The van der Waals surface area contributed by atoms with Crippen molar-refractivity contribution >= 4 is 11.9 Å². The van der Waals surface area contributed by atoms with Crippen LogP contribution in [0.15, 0.2) is 30.3 Å². The fourth-order valence-electron chi connectivity index (χ4n) is 3.07. The largest absolute Gasteiger partial charge is 0.480 e. The van der Waals surface area contributed by atoms with Gasteiger partial charge in [0, 0.05) is 6.54 Å². The van der Waals surface area contributed by atoms with Crippen molar-refractivity contribution < 1.29 is 62.1 Å². The summed E-state index contributed by atoms with van der Waals surface area (Å²) in [4.78, 5) is 21.6. The summed E-state index contributed by atoms with van der Waals surface area (Å²) in [7, 11) is 0. The van der Waals surface area contributed by atoms with E-state index in [0.717, 1.165) is 5.56 Å². The average molecular weight is 620 g/mol. The first-order valence-corrected chi connectivity index (χ1v) is 14.5. The van der Waals surface area contributed by atoms with Gasteiger partial charge in [0.1, 0.15) is 13.2 Å². The fraction of sp³-hybridized carbons (Fsp3) is 0.724. The van der Waals surface area contributed by atoms with Crippen molar-refractivity contribution in [3.63, 3.8) is 0 Å². The van der Waals surface area contributed by atoms with Crippen molar-refractivity contribution in [1.82, 2.24) is 5.32 Å². The molecule has 0 bridgehead atoms. The van der Waals surface area contributed by atoms with Gasteiger partial charge in [-0.15, -0.1) is 0 Å². The molecule has 0 spiro atoms. The smallest absolute Gasteiger partial charge is 0.329 e. The molecule has 0 heterocycles. The minimum atomic E-state index is -1.12. The molecule has 0 aliphatic heterocycles. The van der Waals surface area contributed by atoms with Gasteiger partial charge in [-0.25, -0.2) is 4.79 Å². The van der Waals surface area contributed by atoms with Gasteiger partial charge in [-0.2, -0.15) is 0 Å². The molecule has 0 saturated carbocycles. The lowest BCUT2D eigenvalue weighted by molar-refractivity contribution is -0.143. The van der Waals surface area contributed by atoms with Gasteiger partial charge in [0.15, 0.2) is 0 Å². The highest BCUT2D eigenvalue weighted by atomic mass is 16.6. The van der Waals surface area contributed by atoms with E-state index in [-0.39, 0.29) is 6.61 Å². The Bertz CT molecular complexity index is 757. The number of ether oxygens (including phenoxy) is 10. The third kappa shape index (κ3) is 29.6. The molecular weight excluding hydrogens is 570 g/mol. The first-order valence-electron chi connectivity index (χ1n) is 14.5. The van der Waals surface area contributed by atoms with Gasteiger partial charge in [-0.3, -0.25) is 4.79 Å². The summed E-state index contributed by atoms with van der Waals surface area (Å²) in [5.74, 6) is -1.52. The molecule has 2 N–H and O–H groups in total. The molecule has 248 valence electrons. The number of nitrogens with one attached hydrogen (secondary N) is 1. The molecule has 0 aliphatic rings. The second kappa shape index (κ2) is 31.2. The maximum atomic E-state index is 11.3. The van der Waals surface area contributed by atoms with Crippen LogP contribution in [0, 0.1) is 0 Å². The van der Waals surface area contributed by atoms with Gasteiger partial charge in [0.05, 0.1) is 119 Å². The predicted molar refractivity (Wildman–Crippen MR) is 154 cm³/mol. The number of carboxylic acids is 1. The molecule has 0 unspecified atom stereocenters. The normalized spacial score (nSPS) is 11.2. The van der Waals surface area contributed by atoms with E-state index in [9.17, 15) is 9.59 Å². The van der Waals surface area contributed by atoms with Crippen molar-refractivity contribution in [2.75, 3.05) is 132 Å². The summed E-state index contributed by atoms with van der Waals surface area (Å²) in [6.07, 6.45) is 0. The average Bonchev–Trinajstić information content (AvgIpc) is 3.00. The van der Waals surface area contributed by atoms with Crippen molar-refractivity contribution in [3.05, 3.63) is 35.9 Å². The van der Waals surface area contributed by atoms with Crippen LogP contribution in [0.2, 0.25) is 0 Å². The van der Waals surface area contributed by atoms with Gasteiger partial charge in [-0.1, -0.05) is 30.3 Å². The molecule has 43 heavy (non-hydrogen) atoms. The van der Waals surface area contributed by atoms with Crippen LogP contribution >= 0.6 is 0 Å². The molecule has 1 amide bonds. The Morgan fingerprint density at radius 1 is 0.488 bits per heavy atom. The number of hydrogen-bond acceptors (Lipinski definition) is 12. The Balaban J connectivity index is 1.64. The highest BCUT2D eigenvalue weighted by Gasteiger charge is 2.03. The molecule has 0 fully saturated rings. The number of aliphatic carboxylic acids is 1. The Morgan fingerprint density at radius 2 is 0.860 bits per heavy atom. The highest BCUT2D eigenvalue weighted by molar-refractivity contribution is 5.77. The zero-order chi connectivity index (χ0) is 30.9. The number of benzene rings is 1. The second-order valence-electron chi connectivity index (χ2n) is 8.67. The van der Waals surface area contributed by atoms with Crippen LogP contribution in [-0.4, -0.2) is 149 Å². The first kappa shape index (κ1) is 38.8. The number of amides is 1. The molecule has 0 aromatic heterocycles. The van der Waals surface area contributed by atoms with Gasteiger partial charge < -0.3 is 57.8 Å². The summed E-state index contributed by atoms with van der Waals surface area (Å²) < 4.78 is 53.6. The zero-order valence-corrected chi connectivity index (χ0v) is 25.1. The predicted octanol–water partition coefficient (Wildman–Crippen LogP) is 0.553. The third-order valence-corrected chi connectivity index (χ3v) is 5.11. The SMILES string of the molecule is O=C(O)COCC(=O)NCCOCCOCCOCCOCCOCCOCCOCCOCCOCc1ccccc1. The van der Waals surface area contributed by atoms with E-state index in [2.05, 4.69) is 10.1 Å². The van der Waals surface area contributed by atoms with Crippen molar-refractivity contribution in [1.29, 1.82) is 0 Å². The molecule has 1 aromatic rings. The molecule has 0 saturated heterocycles. The van der Waals surface area contributed by atoms with Crippen LogP contribution in [0.25, 0.3) is 0 Å². The summed E-state index contributed by atoms with van der Waals surface area (Å²) >= 11 is 0. The lowest BCUT2D eigenvalue weighted by Gasteiger charge is -2.09. The highest BCUT2D eigenvalue weighted by Crippen LogP contribution is 2.00. The summed E-state index contributed by atoms with van der Waals surface area (Å²) in [5, 5.41) is 11.0. The fourth-order valence-corrected chi connectivity index (χ4v) is 3.07. The van der Waals surface area contributed by atoms with E-state index in [0.29, 0.717) is 125 Å². The summed E-state index contributed by atoms with van der Waals surface area (Å²) in [5.41, 5.74) is 1.15. The van der Waals surface area contributed by atoms with Gasteiger partial charge in [0.25, 0.3) is 0 Å². The zero-order valence-electron chi connectivity index (χ0n) is 25.1. The van der Waals surface area contributed by atoms with Crippen LogP contribution in [0.3, 0.4) is 0 Å². The minimum Gasteiger partial charge on any atom is -0.480 e. The van der Waals surface area contributed by atoms with Crippen LogP contribution in [-0.2, 0) is 63.6 Å². The molecule has 0 radical (unpaired) electrons. The van der Waals surface area contributed by atoms with Gasteiger partial charge >= 0.3 is 5.97 Å². The number of carboxylic acid groups (broad SMARTS) is 1. The maximum absolute atomic E-state index is 11.3. The Labute approximate surface area is 254 Å². The number of carbonyl (C=O) groups excluding carboxylic acids is 1. The Hall–Kier alpha value is -2.24.